The second-order valence-corrected chi connectivity index (χ2v) is 6.52. The number of amides is 1. The van der Waals surface area contributed by atoms with Gasteiger partial charge in [-0.1, -0.05) is 23.3 Å². The van der Waals surface area contributed by atoms with E-state index in [2.05, 4.69) is 17.0 Å². The number of carbonyl (C=O) groups excluding carboxylic acids is 1. The fourth-order valence-electron chi connectivity index (χ4n) is 2.42. The summed E-state index contributed by atoms with van der Waals surface area (Å²) in [5.74, 6) is 1.65. The monoisotopic (exact) mass is 338 g/mol. The summed E-state index contributed by atoms with van der Waals surface area (Å²) in [6, 6.07) is 9.62. The van der Waals surface area contributed by atoms with E-state index >= 15 is 0 Å². The minimum absolute atomic E-state index is 0.215. The average Bonchev–Trinajstić information content (AvgIpc) is 2.85. The standard InChI is InChI=1S/C19H15FN2OS/c1-4-8-22-16-9-12(2)13(3)10-17(16)24-19(22)21-18(23)14-6-5-7-15(20)11-14/h1,5-7,9-11H,8H2,2-3H3. The van der Waals surface area contributed by atoms with Crippen LogP contribution in [0.25, 0.3) is 10.2 Å². The Kier molecular flexibility index (Phi) is 4.32. The van der Waals surface area contributed by atoms with E-state index in [4.69, 9.17) is 6.42 Å². The quantitative estimate of drug-likeness (QED) is 0.654. The first-order valence-corrected chi connectivity index (χ1v) is 8.20. The molecular formula is C19H15FN2OS. The molecule has 1 aromatic heterocycles. The topological polar surface area (TPSA) is 34.4 Å². The van der Waals surface area contributed by atoms with E-state index in [-0.39, 0.29) is 5.56 Å². The number of thiazole rings is 1. The summed E-state index contributed by atoms with van der Waals surface area (Å²) in [4.78, 5) is 17.0. The average molecular weight is 338 g/mol. The van der Waals surface area contributed by atoms with Gasteiger partial charge in [0.1, 0.15) is 5.82 Å². The van der Waals surface area contributed by atoms with Gasteiger partial charge in [-0.2, -0.15) is 4.99 Å². The predicted molar refractivity (Wildman–Crippen MR) is 94.4 cm³/mol. The number of rotatable bonds is 2. The Labute approximate surface area is 143 Å². The maximum atomic E-state index is 13.3. The van der Waals surface area contributed by atoms with E-state index < -0.39 is 11.7 Å². The Morgan fingerprint density at radius 1 is 1.29 bits per heavy atom. The molecule has 1 amide bonds. The van der Waals surface area contributed by atoms with Crippen LogP contribution in [-0.2, 0) is 6.54 Å². The van der Waals surface area contributed by atoms with Gasteiger partial charge in [0, 0.05) is 5.56 Å². The van der Waals surface area contributed by atoms with E-state index in [1.54, 1.807) is 6.07 Å². The molecule has 120 valence electrons. The van der Waals surface area contributed by atoms with E-state index in [1.165, 1.54) is 35.1 Å². The van der Waals surface area contributed by atoms with Crippen LogP contribution in [0.5, 0.6) is 0 Å². The molecule has 0 fully saturated rings. The van der Waals surface area contributed by atoms with E-state index in [9.17, 15) is 9.18 Å². The lowest BCUT2D eigenvalue weighted by Gasteiger charge is -2.03. The molecule has 1 heterocycles. The molecule has 0 aliphatic carbocycles. The van der Waals surface area contributed by atoms with Gasteiger partial charge in [0.05, 0.1) is 16.8 Å². The van der Waals surface area contributed by atoms with Gasteiger partial charge in [0.15, 0.2) is 4.80 Å². The van der Waals surface area contributed by atoms with Crippen molar-refractivity contribution in [2.24, 2.45) is 4.99 Å². The van der Waals surface area contributed by atoms with Gasteiger partial charge in [-0.05, 0) is 55.3 Å². The smallest absolute Gasteiger partial charge is 0.279 e. The summed E-state index contributed by atoms with van der Waals surface area (Å²) >= 11 is 1.40. The van der Waals surface area contributed by atoms with Crippen molar-refractivity contribution >= 4 is 27.5 Å². The molecule has 0 spiro atoms. The molecule has 0 N–H and O–H groups in total. The summed E-state index contributed by atoms with van der Waals surface area (Å²) in [7, 11) is 0. The molecule has 0 bridgehead atoms. The van der Waals surface area contributed by atoms with Crippen LogP contribution in [0.15, 0.2) is 41.4 Å². The molecule has 24 heavy (non-hydrogen) atoms. The van der Waals surface area contributed by atoms with Crippen molar-refractivity contribution in [1.82, 2.24) is 4.57 Å². The van der Waals surface area contributed by atoms with Gasteiger partial charge in [-0.15, -0.1) is 6.42 Å². The van der Waals surface area contributed by atoms with Crippen molar-refractivity contribution in [3.05, 3.63) is 63.7 Å². The first-order chi connectivity index (χ1) is 11.5. The van der Waals surface area contributed by atoms with E-state index in [0.29, 0.717) is 11.3 Å². The first kappa shape index (κ1) is 16.2. The number of aromatic nitrogens is 1. The highest BCUT2D eigenvalue weighted by Gasteiger charge is 2.10. The predicted octanol–water partition coefficient (Wildman–Crippen LogP) is 3.83. The molecule has 5 heteroatoms. The molecule has 0 unspecified atom stereocenters. The van der Waals surface area contributed by atoms with Crippen molar-refractivity contribution < 1.29 is 9.18 Å². The normalized spacial score (nSPS) is 11.7. The highest BCUT2D eigenvalue weighted by atomic mass is 32.1. The zero-order valence-electron chi connectivity index (χ0n) is 13.3. The third-order valence-electron chi connectivity index (χ3n) is 3.82. The second kappa shape index (κ2) is 6.42. The molecule has 3 nitrogen and oxygen atoms in total. The number of hydrogen-bond acceptors (Lipinski definition) is 2. The van der Waals surface area contributed by atoms with E-state index in [0.717, 1.165) is 15.8 Å². The number of nitrogens with zero attached hydrogens (tertiary/aromatic N) is 2. The summed E-state index contributed by atoms with van der Waals surface area (Å²) in [6.07, 6.45) is 5.47. The maximum Gasteiger partial charge on any atom is 0.279 e. The van der Waals surface area contributed by atoms with Crippen molar-refractivity contribution in [2.45, 2.75) is 20.4 Å². The van der Waals surface area contributed by atoms with Crippen molar-refractivity contribution in [3.63, 3.8) is 0 Å². The number of carbonyl (C=O) groups is 1. The maximum absolute atomic E-state index is 13.3. The molecule has 0 saturated carbocycles. The van der Waals surface area contributed by atoms with Crippen LogP contribution in [0.2, 0.25) is 0 Å². The second-order valence-electron chi connectivity index (χ2n) is 5.51. The van der Waals surface area contributed by atoms with Crippen LogP contribution in [0.3, 0.4) is 0 Å². The lowest BCUT2D eigenvalue weighted by atomic mass is 10.1. The number of benzene rings is 2. The third-order valence-corrected chi connectivity index (χ3v) is 4.86. The molecule has 3 rings (SSSR count). The van der Waals surface area contributed by atoms with Crippen LogP contribution in [0, 0.1) is 32.0 Å². The third kappa shape index (κ3) is 3.01. The van der Waals surface area contributed by atoms with Crippen molar-refractivity contribution in [1.29, 1.82) is 0 Å². The number of terminal acetylenes is 1. The first-order valence-electron chi connectivity index (χ1n) is 7.38. The van der Waals surface area contributed by atoms with Crippen molar-refractivity contribution in [3.8, 4) is 12.3 Å². The molecule has 0 atom stereocenters. The number of aryl methyl sites for hydroxylation is 2. The van der Waals surface area contributed by atoms with Gasteiger partial charge >= 0.3 is 0 Å². The van der Waals surface area contributed by atoms with E-state index in [1.807, 2.05) is 24.5 Å². The molecule has 0 radical (unpaired) electrons. The minimum atomic E-state index is -0.486. The Bertz CT molecular complexity index is 1050. The largest absolute Gasteiger partial charge is 0.305 e. The van der Waals surface area contributed by atoms with Crippen molar-refractivity contribution in [2.75, 3.05) is 0 Å². The lowest BCUT2D eigenvalue weighted by Crippen LogP contribution is -2.16. The fraction of sp³-hybridized carbons (Fsp3) is 0.158. The molecule has 3 aromatic rings. The number of fused-ring (bicyclic) bond motifs is 1. The zero-order chi connectivity index (χ0) is 17.3. The number of hydrogen-bond donors (Lipinski definition) is 0. The zero-order valence-corrected chi connectivity index (χ0v) is 14.2. The molecular weight excluding hydrogens is 323 g/mol. The van der Waals surface area contributed by atoms with Crippen LogP contribution in [-0.4, -0.2) is 10.5 Å². The molecule has 0 aliphatic heterocycles. The summed E-state index contributed by atoms with van der Waals surface area (Å²) in [6.45, 7) is 4.38. The summed E-state index contributed by atoms with van der Waals surface area (Å²) in [5, 5.41) is 0. The summed E-state index contributed by atoms with van der Waals surface area (Å²) in [5.41, 5.74) is 3.48. The van der Waals surface area contributed by atoms with Crippen LogP contribution in [0.1, 0.15) is 21.5 Å². The highest BCUT2D eigenvalue weighted by molar-refractivity contribution is 7.16. The Balaban J connectivity index is 2.19. The minimum Gasteiger partial charge on any atom is -0.305 e. The van der Waals surface area contributed by atoms with Crippen LogP contribution in [0.4, 0.5) is 4.39 Å². The Hall–Kier alpha value is -2.71. The van der Waals surface area contributed by atoms with Crippen LogP contribution < -0.4 is 4.80 Å². The van der Waals surface area contributed by atoms with Gasteiger partial charge in [0.25, 0.3) is 5.91 Å². The molecule has 0 aliphatic rings. The molecule has 2 aromatic carbocycles. The van der Waals surface area contributed by atoms with Gasteiger partial charge < -0.3 is 4.57 Å². The highest BCUT2D eigenvalue weighted by Crippen LogP contribution is 2.22. The molecule has 0 saturated heterocycles. The Morgan fingerprint density at radius 3 is 2.75 bits per heavy atom. The lowest BCUT2D eigenvalue weighted by molar-refractivity contribution is 0.0997. The van der Waals surface area contributed by atoms with Crippen LogP contribution >= 0.6 is 11.3 Å². The summed E-state index contributed by atoms with van der Waals surface area (Å²) < 4.78 is 16.1. The SMILES string of the molecule is C#CCn1c(=NC(=O)c2cccc(F)c2)sc2cc(C)c(C)cc21. The van der Waals surface area contributed by atoms with Gasteiger partial charge in [0.2, 0.25) is 0 Å². The van der Waals surface area contributed by atoms with Gasteiger partial charge in [-0.25, -0.2) is 4.39 Å². The van der Waals surface area contributed by atoms with Gasteiger partial charge in [-0.3, -0.25) is 4.79 Å². The Morgan fingerprint density at radius 2 is 2.04 bits per heavy atom. The fourth-order valence-corrected chi connectivity index (χ4v) is 3.53. The number of halogens is 1.